The highest BCUT2D eigenvalue weighted by molar-refractivity contribution is 6.30. The zero-order chi connectivity index (χ0) is 12.1. The second-order valence-corrected chi connectivity index (χ2v) is 5.09. The van der Waals surface area contributed by atoms with Crippen LogP contribution in [-0.2, 0) is 11.2 Å². The average molecular weight is 252 g/mol. The molecule has 0 radical (unpaired) electrons. The van der Waals surface area contributed by atoms with Crippen molar-refractivity contribution in [2.45, 2.75) is 32.1 Å². The van der Waals surface area contributed by atoms with Crippen LogP contribution in [0.1, 0.15) is 31.2 Å². The molecule has 3 heteroatoms. The van der Waals surface area contributed by atoms with E-state index in [2.05, 4.69) is 5.32 Å². The van der Waals surface area contributed by atoms with E-state index in [4.69, 9.17) is 11.6 Å². The van der Waals surface area contributed by atoms with Gasteiger partial charge in [0.1, 0.15) is 0 Å². The molecule has 0 atom stereocenters. The molecule has 1 aliphatic carbocycles. The number of hydrogen-bond donors (Lipinski definition) is 1. The molecule has 17 heavy (non-hydrogen) atoms. The van der Waals surface area contributed by atoms with Gasteiger partial charge in [-0.3, -0.25) is 4.79 Å². The highest BCUT2D eigenvalue weighted by atomic mass is 35.5. The second kappa shape index (κ2) is 6.06. The highest BCUT2D eigenvalue weighted by Crippen LogP contribution is 2.24. The molecule has 2 rings (SSSR count). The zero-order valence-corrected chi connectivity index (χ0v) is 10.7. The molecular formula is C14H18ClNO. The smallest absolute Gasteiger partial charge is 0.223 e. The van der Waals surface area contributed by atoms with E-state index < -0.39 is 0 Å². The Morgan fingerprint density at radius 2 is 2.12 bits per heavy atom. The molecule has 0 bridgehead atoms. The first kappa shape index (κ1) is 12.4. The van der Waals surface area contributed by atoms with Gasteiger partial charge in [-0.15, -0.1) is 0 Å². The minimum Gasteiger partial charge on any atom is -0.356 e. The summed E-state index contributed by atoms with van der Waals surface area (Å²) >= 11 is 5.90. The second-order valence-electron chi connectivity index (χ2n) is 4.65. The number of amides is 1. The first-order valence-corrected chi connectivity index (χ1v) is 6.65. The van der Waals surface area contributed by atoms with Gasteiger partial charge >= 0.3 is 0 Å². The Morgan fingerprint density at radius 3 is 2.82 bits per heavy atom. The van der Waals surface area contributed by atoms with Crippen LogP contribution >= 0.6 is 11.6 Å². The molecule has 1 fully saturated rings. The molecule has 0 aromatic heterocycles. The van der Waals surface area contributed by atoms with Crippen molar-refractivity contribution in [3.05, 3.63) is 34.9 Å². The minimum absolute atomic E-state index is 0.226. The van der Waals surface area contributed by atoms with Crippen LogP contribution in [0.4, 0.5) is 0 Å². The fraction of sp³-hybridized carbons (Fsp3) is 0.500. The number of hydrogen-bond acceptors (Lipinski definition) is 1. The van der Waals surface area contributed by atoms with Gasteiger partial charge in [-0.25, -0.2) is 0 Å². The lowest BCUT2D eigenvalue weighted by Crippen LogP contribution is -2.30. The third kappa shape index (κ3) is 3.74. The van der Waals surface area contributed by atoms with Gasteiger partial charge in [0, 0.05) is 17.5 Å². The summed E-state index contributed by atoms with van der Waals surface area (Å²) in [4.78, 5) is 11.8. The normalized spacial score (nSPS) is 16.1. The average Bonchev–Trinajstić information content (AvgIpc) is 2.82. The lowest BCUT2D eigenvalue weighted by molar-refractivity contribution is -0.124. The van der Waals surface area contributed by atoms with Crippen molar-refractivity contribution >= 4 is 17.5 Å². The largest absolute Gasteiger partial charge is 0.356 e. The quantitative estimate of drug-likeness (QED) is 0.875. The predicted molar refractivity (Wildman–Crippen MR) is 70.1 cm³/mol. The molecule has 0 spiro atoms. The Balaban J connectivity index is 1.73. The Kier molecular flexibility index (Phi) is 4.43. The molecule has 1 amide bonds. The third-order valence-corrected chi connectivity index (χ3v) is 3.56. The molecule has 0 heterocycles. The number of halogens is 1. The lowest BCUT2D eigenvalue weighted by atomic mass is 10.1. The summed E-state index contributed by atoms with van der Waals surface area (Å²) in [6.45, 7) is 0.704. The maximum atomic E-state index is 11.8. The minimum atomic E-state index is 0.226. The van der Waals surface area contributed by atoms with Gasteiger partial charge in [0.15, 0.2) is 0 Å². The topological polar surface area (TPSA) is 29.1 Å². The molecule has 1 N–H and O–H groups in total. The van der Waals surface area contributed by atoms with E-state index in [1.54, 1.807) is 0 Å². The number of carbonyl (C=O) groups is 1. The van der Waals surface area contributed by atoms with Crippen LogP contribution in [0.25, 0.3) is 0 Å². The van der Waals surface area contributed by atoms with Crippen LogP contribution in [0.5, 0.6) is 0 Å². The first-order chi connectivity index (χ1) is 8.25. The summed E-state index contributed by atoms with van der Waals surface area (Å²) in [5, 5.41) is 3.76. The van der Waals surface area contributed by atoms with Crippen molar-refractivity contribution in [3.8, 4) is 0 Å². The standard InChI is InChI=1S/C14H18ClNO/c15-13-7-3-4-11(10-13)8-9-16-14(17)12-5-1-2-6-12/h3-4,7,10,12H,1-2,5-6,8-9H2,(H,16,17). The van der Waals surface area contributed by atoms with Crippen LogP contribution in [0.3, 0.4) is 0 Å². The van der Waals surface area contributed by atoms with Crippen molar-refractivity contribution < 1.29 is 4.79 Å². The van der Waals surface area contributed by atoms with Gasteiger partial charge in [0.05, 0.1) is 0 Å². The van der Waals surface area contributed by atoms with Gasteiger partial charge in [0.25, 0.3) is 0 Å². The number of carbonyl (C=O) groups excluding carboxylic acids is 1. The monoisotopic (exact) mass is 251 g/mol. The van der Waals surface area contributed by atoms with E-state index in [-0.39, 0.29) is 11.8 Å². The van der Waals surface area contributed by atoms with E-state index in [9.17, 15) is 4.79 Å². The Labute approximate surface area is 107 Å². The molecule has 1 aromatic rings. The van der Waals surface area contributed by atoms with E-state index in [0.29, 0.717) is 6.54 Å². The van der Waals surface area contributed by atoms with Gasteiger partial charge in [0.2, 0.25) is 5.91 Å². The summed E-state index contributed by atoms with van der Waals surface area (Å²) in [5.74, 6) is 0.485. The van der Waals surface area contributed by atoms with Crippen molar-refractivity contribution in [2.24, 2.45) is 5.92 Å². The van der Waals surface area contributed by atoms with Gasteiger partial charge in [-0.2, -0.15) is 0 Å². The molecular weight excluding hydrogens is 234 g/mol. The van der Waals surface area contributed by atoms with E-state index >= 15 is 0 Å². The third-order valence-electron chi connectivity index (χ3n) is 3.33. The fourth-order valence-corrected chi connectivity index (χ4v) is 2.57. The van der Waals surface area contributed by atoms with Crippen molar-refractivity contribution in [1.82, 2.24) is 5.32 Å². The summed E-state index contributed by atoms with van der Waals surface area (Å²) in [6, 6.07) is 7.79. The highest BCUT2D eigenvalue weighted by Gasteiger charge is 2.21. The maximum Gasteiger partial charge on any atom is 0.223 e. The maximum absolute atomic E-state index is 11.8. The molecule has 2 nitrogen and oxygen atoms in total. The lowest BCUT2D eigenvalue weighted by Gasteiger charge is -2.10. The molecule has 92 valence electrons. The van der Waals surface area contributed by atoms with Crippen LogP contribution in [0.2, 0.25) is 5.02 Å². The number of nitrogens with one attached hydrogen (secondary N) is 1. The van der Waals surface area contributed by atoms with Crippen LogP contribution in [0, 0.1) is 5.92 Å². The zero-order valence-electron chi connectivity index (χ0n) is 9.92. The molecule has 0 saturated heterocycles. The fourth-order valence-electron chi connectivity index (χ4n) is 2.35. The SMILES string of the molecule is O=C(NCCc1cccc(Cl)c1)C1CCCC1. The van der Waals surface area contributed by atoms with Crippen LogP contribution in [-0.4, -0.2) is 12.5 Å². The Hall–Kier alpha value is -1.02. The van der Waals surface area contributed by atoms with Crippen LogP contribution < -0.4 is 5.32 Å². The Bertz CT molecular complexity index is 386. The number of benzene rings is 1. The van der Waals surface area contributed by atoms with Crippen molar-refractivity contribution in [3.63, 3.8) is 0 Å². The summed E-state index contributed by atoms with van der Waals surface area (Å²) < 4.78 is 0. The van der Waals surface area contributed by atoms with Crippen LogP contribution in [0.15, 0.2) is 24.3 Å². The summed E-state index contributed by atoms with van der Waals surface area (Å²) in [5.41, 5.74) is 1.17. The van der Waals surface area contributed by atoms with Gasteiger partial charge < -0.3 is 5.32 Å². The predicted octanol–water partition coefficient (Wildman–Crippen LogP) is 3.19. The van der Waals surface area contributed by atoms with E-state index in [1.807, 2.05) is 24.3 Å². The van der Waals surface area contributed by atoms with Crippen molar-refractivity contribution in [2.75, 3.05) is 6.54 Å². The molecule has 1 aliphatic rings. The van der Waals surface area contributed by atoms with E-state index in [1.165, 1.54) is 18.4 Å². The number of rotatable bonds is 4. The summed E-state index contributed by atoms with van der Waals surface area (Å²) in [6.07, 6.45) is 5.36. The molecule has 1 aromatic carbocycles. The summed E-state index contributed by atoms with van der Waals surface area (Å²) in [7, 11) is 0. The molecule has 0 unspecified atom stereocenters. The Morgan fingerprint density at radius 1 is 1.35 bits per heavy atom. The van der Waals surface area contributed by atoms with Gasteiger partial charge in [-0.1, -0.05) is 36.6 Å². The molecule has 0 aliphatic heterocycles. The van der Waals surface area contributed by atoms with E-state index in [0.717, 1.165) is 24.3 Å². The molecule has 1 saturated carbocycles. The van der Waals surface area contributed by atoms with Gasteiger partial charge in [-0.05, 0) is 37.0 Å². The first-order valence-electron chi connectivity index (χ1n) is 6.28. The van der Waals surface area contributed by atoms with Crippen molar-refractivity contribution in [1.29, 1.82) is 0 Å².